The van der Waals surface area contributed by atoms with Crippen molar-refractivity contribution in [3.8, 4) is 5.75 Å². The molecule has 5 nitrogen and oxygen atoms in total. The Morgan fingerprint density at radius 2 is 1.77 bits per heavy atom. The Labute approximate surface area is 128 Å². The number of hydrogen-bond donors (Lipinski definition) is 2. The van der Waals surface area contributed by atoms with Gasteiger partial charge in [0.1, 0.15) is 17.3 Å². The van der Waals surface area contributed by atoms with Gasteiger partial charge in [-0.1, -0.05) is 0 Å². The van der Waals surface area contributed by atoms with Gasteiger partial charge in [0.25, 0.3) is 0 Å². The van der Waals surface area contributed by atoms with E-state index in [1.807, 2.05) is 24.3 Å². The third-order valence-corrected chi connectivity index (χ3v) is 3.48. The average molecular weight is 300 g/mol. The molecule has 1 atom stereocenters. The maximum atomic E-state index is 9.93. The second kappa shape index (κ2) is 5.61. The third kappa shape index (κ3) is 2.46. The van der Waals surface area contributed by atoms with E-state index < -0.39 is 6.10 Å². The summed E-state index contributed by atoms with van der Waals surface area (Å²) in [6.45, 7) is 0. The lowest BCUT2D eigenvalue weighted by Crippen LogP contribution is -2.15. The van der Waals surface area contributed by atoms with Crippen LogP contribution in [-0.4, -0.2) is 30.5 Å². The van der Waals surface area contributed by atoms with E-state index in [-0.39, 0.29) is 5.76 Å². The Kier molecular flexibility index (Phi) is 3.65. The molecule has 0 saturated heterocycles. The number of hydrogen-bond acceptors (Lipinski definition) is 5. The number of aliphatic hydroxyl groups excluding tert-OH is 2. The molecule has 0 radical (unpaired) electrons. The van der Waals surface area contributed by atoms with E-state index in [4.69, 9.17) is 14.2 Å². The fraction of sp³-hybridized carbons (Fsp3) is 0.176. The molecule has 0 aromatic heterocycles. The van der Waals surface area contributed by atoms with Crippen LogP contribution in [0.4, 0.5) is 0 Å². The van der Waals surface area contributed by atoms with Crippen LogP contribution in [-0.2, 0) is 9.47 Å². The Hall–Kier alpha value is -2.66. The standard InChI is InChI=1S/C17H16O5/c1-20-12-5-3-10(4-6-12)17-16(21-2)9-13-14(19)7-11(18)8-15(13)22-17/h3-9,11,18-19H,1-2H3. The van der Waals surface area contributed by atoms with Crippen molar-refractivity contribution in [2.24, 2.45) is 0 Å². The van der Waals surface area contributed by atoms with Crippen LogP contribution in [0.3, 0.4) is 0 Å². The third-order valence-electron chi connectivity index (χ3n) is 3.48. The van der Waals surface area contributed by atoms with E-state index in [2.05, 4.69) is 0 Å². The monoisotopic (exact) mass is 300 g/mol. The van der Waals surface area contributed by atoms with Crippen LogP contribution < -0.4 is 4.74 Å². The SMILES string of the molecule is COC1=C(c2ccc(OC)cc2)OC2=CC(O)C=C(O)C2=C1. The molecule has 114 valence electrons. The number of allylic oxidation sites excluding steroid dienone is 1. The highest BCUT2D eigenvalue weighted by molar-refractivity contribution is 5.70. The van der Waals surface area contributed by atoms with Crippen molar-refractivity contribution >= 4 is 5.76 Å². The number of fused-ring (bicyclic) bond motifs is 1. The Balaban J connectivity index is 2.05. The highest BCUT2D eigenvalue weighted by atomic mass is 16.5. The molecular formula is C17H16O5. The summed E-state index contributed by atoms with van der Waals surface area (Å²) in [5.74, 6) is 2.12. The molecule has 0 bridgehead atoms. The molecule has 22 heavy (non-hydrogen) atoms. The van der Waals surface area contributed by atoms with Gasteiger partial charge in [-0.15, -0.1) is 0 Å². The van der Waals surface area contributed by atoms with E-state index in [0.717, 1.165) is 11.3 Å². The van der Waals surface area contributed by atoms with Gasteiger partial charge in [-0.25, -0.2) is 0 Å². The zero-order valence-corrected chi connectivity index (χ0v) is 12.2. The number of benzene rings is 1. The summed E-state index contributed by atoms with van der Waals surface area (Å²) in [5, 5.41) is 19.6. The largest absolute Gasteiger partial charge is 0.507 e. The van der Waals surface area contributed by atoms with Crippen LogP contribution in [0.2, 0.25) is 0 Å². The highest BCUT2D eigenvalue weighted by Crippen LogP contribution is 2.37. The molecule has 1 unspecified atom stereocenters. The fourth-order valence-electron chi connectivity index (χ4n) is 2.36. The second-order valence-electron chi connectivity index (χ2n) is 4.86. The molecule has 1 aliphatic heterocycles. The molecular weight excluding hydrogens is 284 g/mol. The zero-order chi connectivity index (χ0) is 15.7. The van der Waals surface area contributed by atoms with Gasteiger partial charge in [0.2, 0.25) is 0 Å². The summed E-state index contributed by atoms with van der Waals surface area (Å²) >= 11 is 0. The summed E-state index contributed by atoms with van der Waals surface area (Å²) in [6.07, 6.45) is 3.67. The molecule has 0 spiro atoms. The molecule has 1 aromatic rings. The van der Waals surface area contributed by atoms with Crippen LogP contribution >= 0.6 is 0 Å². The minimum Gasteiger partial charge on any atom is -0.507 e. The van der Waals surface area contributed by atoms with Crippen molar-refractivity contribution < 1.29 is 24.4 Å². The molecule has 3 rings (SSSR count). The normalized spacial score (nSPS) is 20.3. The van der Waals surface area contributed by atoms with E-state index in [9.17, 15) is 10.2 Å². The van der Waals surface area contributed by atoms with Gasteiger partial charge in [0.15, 0.2) is 11.5 Å². The summed E-state index contributed by atoms with van der Waals surface area (Å²) in [5.41, 5.74) is 1.29. The topological polar surface area (TPSA) is 68.2 Å². The number of aliphatic hydroxyl groups is 2. The van der Waals surface area contributed by atoms with Crippen molar-refractivity contribution in [2.45, 2.75) is 6.10 Å². The molecule has 1 aromatic carbocycles. The van der Waals surface area contributed by atoms with Crippen molar-refractivity contribution in [3.63, 3.8) is 0 Å². The number of methoxy groups -OCH3 is 2. The lowest BCUT2D eigenvalue weighted by Gasteiger charge is -2.25. The molecule has 0 saturated carbocycles. The summed E-state index contributed by atoms with van der Waals surface area (Å²) < 4.78 is 16.3. The van der Waals surface area contributed by atoms with E-state index >= 15 is 0 Å². The van der Waals surface area contributed by atoms with E-state index in [0.29, 0.717) is 22.9 Å². The van der Waals surface area contributed by atoms with Gasteiger partial charge >= 0.3 is 0 Å². The molecule has 5 heteroatoms. The smallest absolute Gasteiger partial charge is 0.176 e. The molecule has 2 aliphatic rings. The van der Waals surface area contributed by atoms with Gasteiger partial charge in [-0.05, 0) is 42.5 Å². The number of ether oxygens (including phenoxy) is 3. The lowest BCUT2D eigenvalue weighted by atomic mass is 9.99. The predicted octanol–water partition coefficient (Wildman–Crippen LogP) is 2.67. The lowest BCUT2D eigenvalue weighted by molar-refractivity contribution is 0.239. The molecule has 2 N–H and O–H groups in total. The Morgan fingerprint density at radius 1 is 1.05 bits per heavy atom. The van der Waals surface area contributed by atoms with Gasteiger partial charge < -0.3 is 24.4 Å². The van der Waals surface area contributed by atoms with Gasteiger partial charge in [0.05, 0.1) is 25.9 Å². The Morgan fingerprint density at radius 3 is 2.41 bits per heavy atom. The van der Waals surface area contributed by atoms with Gasteiger partial charge in [-0.3, -0.25) is 0 Å². The molecule has 1 heterocycles. The van der Waals surface area contributed by atoms with Crippen LogP contribution in [0.15, 0.2) is 65.3 Å². The quantitative estimate of drug-likeness (QED) is 0.898. The summed E-state index contributed by atoms with van der Waals surface area (Å²) in [4.78, 5) is 0. The molecule has 0 fully saturated rings. The van der Waals surface area contributed by atoms with E-state index in [1.165, 1.54) is 19.3 Å². The van der Waals surface area contributed by atoms with Crippen LogP contribution in [0, 0.1) is 0 Å². The Bertz CT molecular complexity index is 707. The van der Waals surface area contributed by atoms with Crippen LogP contribution in [0.5, 0.6) is 5.75 Å². The highest BCUT2D eigenvalue weighted by Gasteiger charge is 2.27. The predicted molar refractivity (Wildman–Crippen MR) is 80.9 cm³/mol. The maximum Gasteiger partial charge on any atom is 0.176 e. The first-order valence-electron chi connectivity index (χ1n) is 6.76. The molecule has 1 aliphatic carbocycles. The van der Waals surface area contributed by atoms with E-state index in [1.54, 1.807) is 13.2 Å². The first kappa shape index (κ1) is 14.3. The minimum absolute atomic E-state index is 0.0340. The minimum atomic E-state index is -0.881. The first-order chi connectivity index (χ1) is 10.6. The van der Waals surface area contributed by atoms with Gasteiger partial charge in [0, 0.05) is 5.56 Å². The van der Waals surface area contributed by atoms with Crippen molar-refractivity contribution in [1.29, 1.82) is 0 Å². The van der Waals surface area contributed by atoms with Crippen molar-refractivity contribution in [1.82, 2.24) is 0 Å². The van der Waals surface area contributed by atoms with Crippen molar-refractivity contribution in [3.05, 3.63) is 70.9 Å². The maximum absolute atomic E-state index is 9.93. The summed E-state index contributed by atoms with van der Waals surface area (Å²) in [6, 6.07) is 7.34. The van der Waals surface area contributed by atoms with Gasteiger partial charge in [-0.2, -0.15) is 0 Å². The van der Waals surface area contributed by atoms with Crippen molar-refractivity contribution in [2.75, 3.05) is 14.2 Å². The zero-order valence-electron chi connectivity index (χ0n) is 12.2. The average Bonchev–Trinajstić information content (AvgIpc) is 2.53. The van der Waals surface area contributed by atoms with Crippen LogP contribution in [0.1, 0.15) is 5.56 Å². The summed E-state index contributed by atoms with van der Waals surface area (Å²) in [7, 11) is 3.14. The van der Waals surface area contributed by atoms with Crippen LogP contribution in [0.25, 0.3) is 5.76 Å². The second-order valence-corrected chi connectivity index (χ2v) is 4.86. The first-order valence-corrected chi connectivity index (χ1v) is 6.76. The molecule has 0 amide bonds. The fourth-order valence-corrected chi connectivity index (χ4v) is 2.36. The number of rotatable bonds is 3.